The Morgan fingerprint density at radius 2 is 2.21 bits per heavy atom. The van der Waals surface area contributed by atoms with Gasteiger partial charge in [-0.25, -0.2) is 0 Å². The fourth-order valence-electron chi connectivity index (χ4n) is 3.29. The second-order valence-corrected chi connectivity index (χ2v) is 8.65. The Kier molecular flexibility index (Phi) is 3.99. The van der Waals surface area contributed by atoms with E-state index in [9.17, 15) is 9.90 Å². The summed E-state index contributed by atoms with van der Waals surface area (Å²) in [5.74, 6) is -0.118. The summed E-state index contributed by atoms with van der Waals surface area (Å²) in [4.78, 5) is 15.4. The molecule has 0 radical (unpaired) electrons. The number of carbonyl (C=O) groups is 1. The third kappa shape index (κ3) is 2.60. The van der Waals surface area contributed by atoms with Gasteiger partial charge in [-0.2, -0.15) is 0 Å². The number of benzene rings is 1. The number of thiophene rings is 1. The van der Waals surface area contributed by atoms with Crippen molar-refractivity contribution in [2.75, 3.05) is 18.9 Å². The number of rotatable bonds is 1. The molecule has 0 fully saturated rings. The number of anilines is 1. The fraction of sp³-hybridized carbons (Fsp3) is 0.312. The first-order valence-corrected chi connectivity index (χ1v) is 9.64. The van der Waals surface area contributed by atoms with Crippen molar-refractivity contribution >= 4 is 49.8 Å². The summed E-state index contributed by atoms with van der Waals surface area (Å²) in [7, 11) is 2.17. The SMILES string of the molecule is C[NH+]1CCc2c(sc3c2C(=O)N[C@H](c2cc(Br)cc(Cl)c2O)N3)C1. The normalized spacial score (nSPS) is 22.4. The number of likely N-dealkylation sites (N-methyl/N-ethyl adjacent to an activating group) is 1. The molecule has 2 atom stereocenters. The summed E-state index contributed by atoms with van der Waals surface area (Å²) in [5, 5.41) is 17.7. The van der Waals surface area contributed by atoms with E-state index in [4.69, 9.17) is 11.6 Å². The number of amides is 1. The van der Waals surface area contributed by atoms with Gasteiger partial charge in [-0.1, -0.05) is 27.5 Å². The molecule has 0 spiro atoms. The molecule has 1 aromatic carbocycles. The summed E-state index contributed by atoms with van der Waals surface area (Å²) < 4.78 is 0.748. The highest BCUT2D eigenvalue weighted by Crippen LogP contribution is 2.42. The topological polar surface area (TPSA) is 65.8 Å². The van der Waals surface area contributed by atoms with Crippen LogP contribution in [0.5, 0.6) is 5.75 Å². The molecule has 4 rings (SSSR count). The number of fused-ring (bicyclic) bond motifs is 3. The van der Waals surface area contributed by atoms with Gasteiger partial charge >= 0.3 is 0 Å². The zero-order chi connectivity index (χ0) is 17.0. The lowest BCUT2D eigenvalue weighted by atomic mass is 10.0. The average molecular weight is 430 g/mol. The van der Waals surface area contributed by atoms with Crippen molar-refractivity contribution in [1.82, 2.24) is 5.32 Å². The number of phenolic OH excluding ortho intramolecular Hbond substituents is 1. The average Bonchev–Trinajstić information content (AvgIpc) is 2.88. The Balaban J connectivity index is 1.74. The van der Waals surface area contributed by atoms with Crippen LogP contribution in [0.25, 0.3) is 0 Å². The Morgan fingerprint density at radius 3 is 3.00 bits per heavy atom. The summed E-state index contributed by atoms with van der Waals surface area (Å²) in [6, 6.07) is 3.38. The van der Waals surface area contributed by atoms with Crippen molar-refractivity contribution < 1.29 is 14.8 Å². The third-order valence-electron chi connectivity index (χ3n) is 4.50. The van der Waals surface area contributed by atoms with Gasteiger partial charge in [0.1, 0.15) is 23.5 Å². The van der Waals surface area contributed by atoms with Crippen LogP contribution in [0.15, 0.2) is 16.6 Å². The largest absolute Gasteiger partial charge is 0.506 e. The van der Waals surface area contributed by atoms with Crippen LogP contribution in [0.2, 0.25) is 5.02 Å². The molecule has 3 heterocycles. The van der Waals surface area contributed by atoms with Crippen LogP contribution in [-0.2, 0) is 13.0 Å². The van der Waals surface area contributed by atoms with Crippen LogP contribution in [0.3, 0.4) is 0 Å². The predicted molar refractivity (Wildman–Crippen MR) is 98.1 cm³/mol. The number of nitrogens with one attached hydrogen (secondary N) is 3. The van der Waals surface area contributed by atoms with E-state index in [0.29, 0.717) is 5.56 Å². The first-order chi connectivity index (χ1) is 11.4. The standard InChI is InChI=1S/C16H15BrClN3O2S/c1-21-3-2-8-11(6-21)24-16-12(8)15(23)19-14(20-16)9-4-7(17)5-10(18)13(9)22/h4-5,14,20,22H,2-3,6H2,1H3,(H,19,23)/p+1/t14-/m0/s1. The second kappa shape index (κ2) is 5.91. The van der Waals surface area contributed by atoms with Crippen LogP contribution >= 0.6 is 38.9 Å². The number of aromatic hydroxyl groups is 1. The van der Waals surface area contributed by atoms with Gasteiger partial charge in [0.05, 0.1) is 29.1 Å². The minimum atomic E-state index is -0.509. The molecule has 1 unspecified atom stereocenters. The lowest BCUT2D eigenvalue weighted by Gasteiger charge is -2.27. The molecular formula is C16H16BrClN3O2S+. The number of halogens is 2. The molecule has 8 heteroatoms. The van der Waals surface area contributed by atoms with E-state index in [1.54, 1.807) is 23.5 Å². The zero-order valence-corrected chi connectivity index (χ0v) is 16.0. The minimum absolute atomic E-state index is 0.0217. The van der Waals surface area contributed by atoms with Crippen molar-refractivity contribution in [3.63, 3.8) is 0 Å². The molecule has 0 bridgehead atoms. The van der Waals surface area contributed by atoms with Gasteiger partial charge in [-0.05, 0) is 17.7 Å². The highest BCUT2D eigenvalue weighted by atomic mass is 79.9. The molecule has 2 aliphatic rings. The number of quaternary nitrogens is 1. The smallest absolute Gasteiger partial charge is 0.256 e. The lowest BCUT2D eigenvalue weighted by molar-refractivity contribution is -0.895. The fourth-order valence-corrected chi connectivity index (χ4v) is 5.52. The van der Waals surface area contributed by atoms with Crippen molar-refractivity contribution in [1.29, 1.82) is 0 Å². The van der Waals surface area contributed by atoms with Crippen LogP contribution in [0, 0.1) is 0 Å². The maximum Gasteiger partial charge on any atom is 0.256 e. The molecule has 5 nitrogen and oxygen atoms in total. The van der Waals surface area contributed by atoms with Crippen molar-refractivity contribution in [2.45, 2.75) is 19.1 Å². The maximum absolute atomic E-state index is 12.7. The maximum atomic E-state index is 12.7. The van der Waals surface area contributed by atoms with Crippen molar-refractivity contribution in [3.05, 3.63) is 43.2 Å². The number of phenols is 1. The molecule has 4 N–H and O–H groups in total. The van der Waals surface area contributed by atoms with Crippen LogP contribution in [-0.4, -0.2) is 24.6 Å². The van der Waals surface area contributed by atoms with Crippen molar-refractivity contribution in [3.8, 4) is 5.75 Å². The van der Waals surface area contributed by atoms with Crippen LogP contribution in [0.1, 0.15) is 32.5 Å². The van der Waals surface area contributed by atoms with Gasteiger partial charge in [-0.15, -0.1) is 11.3 Å². The Labute approximate surface area is 156 Å². The van der Waals surface area contributed by atoms with Crippen LogP contribution < -0.4 is 15.5 Å². The number of carbonyl (C=O) groups excluding carboxylic acids is 1. The summed E-state index contributed by atoms with van der Waals surface area (Å²) in [6.07, 6.45) is 0.408. The molecule has 0 saturated carbocycles. The predicted octanol–water partition coefficient (Wildman–Crippen LogP) is 2.29. The van der Waals surface area contributed by atoms with Gasteiger partial charge in [-0.3, -0.25) is 4.79 Å². The summed E-state index contributed by atoms with van der Waals surface area (Å²) in [5.41, 5.74) is 2.47. The van der Waals surface area contributed by atoms with Gasteiger partial charge in [0.2, 0.25) is 0 Å². The number of hydrogen-bond acceptors (Lipinski definition) is 4. The Morgan fingerprint density at radius 1 is 1.42 bits per heavy atom. The summed E-state index contributed by atoms with van der Waals surface area (Å²) >= 11 is 11.1. The van der Waals surface area contributed by atoms with E-state index >= 15 is 0 Å². The molecule has 2 aromatic rings. The summed E-state index contributed by atoms with van der Waals surface area (Å²) in [6.45, 7) is 1.98. The molecular weight excluding hydrogens is 414 g/mol. The van der Waals surface area contributed by atoms with E-state index in [2.05, 4.69) is 33.6 Å². The van der Waals surface area contributed by atoms with Gasteiger partial charge < -0.3 is 20.6 Å². The van der Waals surface area contributed by atoms with Gasteiger partial charge in [0.25, 0.3) is 5.91 Å². The highest BCUT2D eigenvalue weighted by Gasteiger charge is 2.34. The minimum Gasteiger partial charge on any atom is -0.506 e. The first kappa shape index (κ1) is 16.2. The molecule has 126 valence electrons. The lowest BCUT2D eigenvalue weighted by Crippen LogP contribution is -3.08. The third-order valence-corrected chi connectivity index (χ3v) is 6.41. The van der Waals surface area contributed by atoms with Crippen LogP contribution in [0.4, 0.5) is 5.00 Å². The molecule has 0 saturated heterocycles. The highest BCUT2D eigenvalue weighted by molar-refractivity contribution is 9.10. The molecule has 0 aliphatic carbocycles. The van der Waals surface area contributed by atoms with Gasteiger partial charge in [0.15, 0.2) is 0 Å². The zero-order valence-electron chi connectivity index (χ0n) is 12.9. The molecule has 1 amide bonds. The Bertz CT molecular complexity index is 854. The van der Waals surface area contributed by atoms with E-state index in [1.165, 1.54) is 15.3 Å². The Hall–Kier alpha value is -1.28. The van der Waals surface area contributed by atoms with Crippen molar-refractivity contribution in [2.24, 2.45) is 0 Å². The van der Waals surface area contributed by atoms with E-state index < -0.39 is 6.17 Å². The molecule has 24 heavy (non-hydrogen) atoms. The monoisotopic (exact) mass is 428 g/mol. The first-order valence-electron chi connectivity index (χ1n) is 7.65. The van der Waals surface area contributed by atoms with E-state index in [1.807, 2.05) is 0 Å². The van der Waals surface area contributed by atoms with Gasteiger partial charge in [0, 0.05) is 16.5 Å². The second-order valence-electron chi connectivity index (χ2n) is 6.22. The number of hydrogen-bond donors (Lipinski definition) is 4. The van der Waals surface area contributed by atoms with E-state index in [0.717, 1.165) is 34.5 Å². The van der Waals surface area contributed by atoms with E-state index in [-0.39, 0.29) is 16.7 Å². The molecule has 2 aliphatic heterocycles. The molecule has 1 aromatic heterocycles. The quantitative estimate of drug-likeness (QED) is 0.562.